The van der Waals surface area contributed by atoms with Crippen LogP contribution < -0.4 is 4.74 Å². The zero-order valence-electron chi connectivity index (χ0n) is 18.4. The minimum absolute atomic E-state index is 0.0837. The van der Waals surface area contributed by atoms with Crippen LogP contribution >= 0.6 is 0 Å². The van der Waals surface area contributed by atoms with Crippen molar-refractivity contribution in [3.63, 3.8) is 0 Å². The molecule has 2 atom stereocenters. The van der Waals surface area contributed by atoms with Crippen LogP contribution in [0.5, 0.6) is 5.75 Å². The van der Waals surface area contributed by atoms with E-state index in [1.807, 2.05) is 6.07 Å². The standard InChI is InChI=1S/C23H27F3N4O2/c1-14-15(2)20(32-3)8-7-18(14)19-6-4-5-17-13-29(9-10-30(17)19)21(31)16-11-27-22(28-12-16)23(24,25)26/h7-8,11-12,17,19H,4-6,9-10,13H2,1-3H3/t17-,19+/m0/s1. The normalized spacial score (nSPS) is 21.9. The number of methoxy groups -OCH3 is 1. The van der Waals surface area contributed by atoms with Crippen molar-refractivity contribution in [3.05, 3.63) is 52.6 Å². The van der Waals surface area contributed by atoms with Crippen molar-refractivity contribution < 1.29 is 22.7 Å². The summed E-state index contributed by atoms with van der Waals surface area (Å²) in [4.78, 5) is 23.7. The minimum atomic E-state index is -4.62. The summed E-state index contributed by atoms with van der Waals surface area (Å²) >= 11 is 0. The topological polar surface area (TPSA) is 58.6 Å². The van der Waals surface area contributed by atoms with E-state index < -0.39 is 12.0 Å². The molecular formula is C23H27F3N4O2. The molecule has 2 aliphatic rings. The Morgan fingerprint density at radius 1 is 1.09 bits per heavy atom. The second-order valence-corrected chi connectivity index (χ2v) is 8.49. The number of carbonyl (C=O) groups is 1. The Morgan fingerprint density at radius 2 is 1.81 bits per heavy atom. The molecule has 0 radical (unpaired) electrons. The lowest BCUT2D eigenvalue weighted by molar-refractivity contribution is -0.145. The van der Waals surface area contributed by atoms with E-state index in [0.29, 0.717) is 19.6 Å². The van der Waals surface area contributed by atoms with Crippen molar-refractivity contribution in [3.8, 4) is 5.75 Å². The number of halogens is 3. The molecule has 2 fully saturated rings. The molecule has 0 unspecified atom stereocenters. The third-order valence-electron chi connectivity index (χ3n) is 6.74. The van der Waals surface area contributed by atoms with Gasteiger partial charge in [0.15, 0.2) is 0 Å². The van der Waals surface area contributed by atoms with Crippen molar-refractivity contribution in [2.45, 2.75) is 51.4 Å². The fraction of sp³-hybridized carbons (Fsp3) is 0.522. The summed E-state index contributed by atoms with van der Waals surface area (Å²) < 4.78 is 43.6. The number of aromatic nitrogens is 2. The number of piperidine rings is 1. The molecule has 0 N–H and O–H groups in total. The van der Waals surface area contributed by atoms with Gasteiger partial charge in [-0.05, 0) is 55.9 Å². The van der Waals surface area contributed by atoms with Gasteiger partial charge in [-0.2, -0.15) is 13.2 Å². The van der Waals surface area contributed by atoms with Crippen LogP contribution in [0.2, 0.25) is 0 Å². The Kier molecular flexibility index (Phi) is 6.11. The summed E-state index contributed by atoms with van der Waals surface area (Å²) in [6.45, 7) is 5.97. The van der Waals surface area contributed by atoms with Gasteiger partial charge < -0.3 is 9.64 Å². The van der Waals surface area contributed by atoms with Crippen LogP contribution in [0.25, 0.3) is 0 Å². The van der Waals surface area contributed by atoms with E-state index in [9.17, 15) is 18.0 Å². The number of ether oxygens (including phenoxy) is 1. The highest BCUT2D eigenvalue weighted by Crippen LogP contribution is 2.39. The lowest BCUT2D eigenvalue weighted by Crippen LogP contribution is -2.57. The number of hydrogen-bond acceptors (Lipinski definition) is 5. The first-order valence-corrected chi connectivity index (χ1v) is 10.8. The van der Waals surface area contributed by atoms with Gasteiger partial charge >= 0.3 is 6.18 Å². The average Bonchev–Trinajstić information content (AvgIpc) is 2.79. The van der Waals surface area contributed by atoms with E-state index in [4.69, 9.17) is 4.74 Å². The number of carbonyl (C=O) groups excluding carboxylic acids is 1. The number of hydrogen-bond donors (Lipinski definition) is 0. The summed E-state index contributed by atoms with van der Waals surface area (Å²) in [6.07, 6.45) is 0.418. The zero-order chi connectivity index (χ0) is 23.0. The van der Waals surface area contributed by atoms with Crippen LogP contribution in [-0.4, -0.2) is 58.5 Å². The first-order valence-electron chi connectivity index (χ1n) is 10.8. The molecule has 3 heterocycles. The first-order chi connectivity index (χ1) is 15.2. The number of rotatable bonds is 3. The molecule has 6 nitrogen and oxygen atoms in total. The highest BCUT2D eigenvalue weighted by atomic mass is 19.4. The van der Waals surface area contributed by atoms with E-state index in [2.05, 4.69) is 34.8 Å². The van der Waals surface area contributed by atoms with Crippen LogP contribution in [0.1, 0.15) is 58.2 Å². The quantitative estimate of drug-likeness (QED) is 0.705. The van der Waals surface area contributed by atoms with E-state index >= 15 is 0 Å². The molecule has 0 spiro atoms. The molecule has 4 rings (SSSR count). The van der Waals surface area contributed by atoms with E-state index in [1.165, 1.54) is 11.1 Å². The molecule has 0 bridgehead atoms. The van der Waals surface area contributed by atoms with Crippen LogP contribution in [0.4, 0.5) is 13.2 Å². The van der Waals surface area contributed by atoms with Crippen LogP contribution in [0.3, 0.4) is 0 Å². The number of fused-ring (bicyclic) bond motifs is 1. The number of benzene rings is 1. The summed E-state index contributed by atoms with van der Waals surface area (Å²) in [5.74, 6) is -0.677. The lowest BCUT2D eigenvalue weighted by atomic mass is 9.86. The Morgan fingerprint density at radius 3 is 2.47 bits per heavy atom. The molecule has 1 aromatic carbocycles. The van der Waals surface area contributed by atoms with Crippen molar-refractivity contribution in [2.24, 2.45) is 0 Å². The van der Waals surface area contributed by atoms with Gasteiger partial charge in [-0.1, -0.05) is 6.07 Å². The average molecular weight is 448 g/mol. The predicted octanol–water partition coefficient (Wildman–Crippen LogP) is 4.17. The zero-order valence-corrected chi connectivity index (χ0v) is 18.4. The molecule has 1 amide bonds. The minimum Gasteiger partial charge on any atom is -0.496 e. The smallest absolute Gasteiger partial charge is 0.451 e. The van der Waals surface area contributed by atoms with Crippen LogP contribution in [0, 0.1) is 13.8 Å². The fourth-order valence-corrected chi connectivity index (χ4v) is 4.93. The molecule has 9 heteroatoms. The number of amides is 1. The third-order valence-corrected chi connectivity index (χ3v) is 6.74. The van der Waals surface area contributed by atoms with Crippen molar-refractivity contribution >= 4 is 5.91 Å². The molecule has 0 saturated carbocycles. The van der Waals surface area contributed by atoms with Gasteiger partial charge in [-0.3, -0.25) is 9.69 Å². The Balaban J connectivity index is 1.49. The van der Waals surface area contributed by atoms with Gasteiger partial charge in [-0.15, -0.1) is 0 Å². The van der Waals surface area contributed by atoms with E-state index in [0.717, 1.165) is 43.0 Å². The molecule has 2 saturated heterocycles. The molecule has 32 heavy (non-hydrogen) atoms. The predicted molar refractivity (Wildman–Crippen MR) is 112 cm³/mol. The largest absolute Gasteiger partial charge is 0.496 e. The van der Waals surface area contributed by atoms with Crippen molar-refractivity contribution in [2.75, 3.05) is 26.7 Å². The third kappa shape index (κ3) is 4.18. The maximum Gasteiger partial charge on any atom is 0.451 e. The summed E-state index contributed by atoms with van der Waals surface area (Å²) in [5.41, 5.74) is 3.75. The van der Waals surface area contributed by atoms with Gasteiger partial charge in [0.05, 0.1) is 12.7 Å². The second kappa shape index (κ2) is 8.69. The SMILES string of the molecule is COc1ccc([C@H]2CCC[C@H]3CN(C(=O)c4cnc(C(F)(F)F)nc4)CCN32)c(C)c1C. The molecule has 2 aliphatic heterocycles. The Bertz CT molecular complexity index is 994. The molecule has 0 aliphatic carbocycles. The van der Waals surface area contributed by atoms with Crippen molar-refractivity contribution in [1.82, 2.24) is 19.8 Å². The molecule has 172 valence electrons. The monoisotopic (exact) mass is 448 g/mol. The lowest BCUT2D eigenvalue weighted by Gasteiger charge is -2.48. The van der Waals surface area contributed by atoms with Gasteiger partial charge in [0, 0.05) is 44.1 Å². The highest BCUT2D eigenvalue weighted by molar-refractivity contribution is 5.93. The van der Waals surface area contributed by atoms with Gasteiger partial charge in [0.1, 0.15) is 5.75 Å². The van der Waals surface area contributed by atoms with E-state index in [-0.39, 0.29) is 23.6 Å². The highest BCUT2D eigenvalue weighted by Gasteiger charge is 2.38. The summed E-state index contributed by atoms with van der Waals surface area (Å²) in [7, 11) is 1.68. The van der Waals surface area contributed by atoms with Crippen LogP contribution in [0.15, 0.2) is 24.5 Å². The second-order valence-electron chi connectivity index (χ2n) is 8.49. The van der Waals surface area contributed by atoms with Gasteiger partial charge in [0.2, 0.25) is 5.82 Å². The van der Waals surface area contributed by atoms with Crippen LogP contribution in [-0.2, 0) is 6.18 Å². The molecular weight excluding hydrogens is 421 g/mol. The molecule has 2 aromatic rings. The van der Waals surface area contributed by atoms with Gasteiger partial charge in [-0.25, -0.2) is 9.97 Å². The van der Waals surface area contributed by atoms with Crippen molar-refractivity contribution in [1.29, 1.82) is 0 Å². The van der Waals surface area contributed by atoms with Gasteiger partial charge in [0.25, 0.3) is 5.91 Å². The number of alkyl halides is 3. The molecule has 1 aromatic heterocycles. The number of nitrogens with zero attached hydrogens (tertiary/aromatic N) is 4. The summed E-state index contributed by atoms with van der Waals surface area (Å²) in [5, 5.41) is 0. The summed E-state index contributed by atoms with van der Waals surface area (Å²) in [6, 6.07) is 4.66. The van der Waals surface area contributed by atoms with E-state index in [1.54, 1.807) is 12.0 Å². The number of piperazine rings is 1. The fourth-order valence-electron chi connectivity index (χ4n) is 4.93. The maximum atomic E-state index is 12.9. The first kappa shape index (κ1) is 22.5. The Hall–Kier alpha value is -2.68. The Labute approximate surface area is 185 Å². The maximum absolute atomic E-state index is 12.9.